The number of methoxy groups -OCH3 is 1. The van der Waals surface area contributed by atoms with Crippen LogP contribution < -0.4 is 5.56 Å². The number of fused-ring (bicyclic) bond motifs is 3. The number of pyridine rings is 1. The van der Waals surface area contributed by atoms with Gasteiger partial charge in [-0.25, -0.2) is 9.31 Å². The van der Waals surface area contributed by atoms with Crippen molar-refractivity contribution in [2.45, 2.75) is 19.6 Å². The van der Waals surface area contributed by atoms with Crippen LogP contribution in [0.3, 0.4) is 0 Å². The van der Waals surface area contributed by atoms with Gasteiger partial charge in [0.05, 0.1) is 17.9 Å². The van der Waals surface area contributed by atoms with Crippen molar-refractivity contribution in [3.63, 3.8) is 0 Å². The Balaban J connectivity index is 2.02. The van der Waals surface area contributed by atoms with Crippen molar-refractivity contribution in [1.29, 1.82) is 0 Å². The van der Waals surface area contributed by atoms with Crippen LogP contribution in [0.1, 0.15) is 18.7 Å². The Labute approximate surface area is 158 Å². The van der Waals surface area contributed by atoms with Gasteiger partial charge in [-0.1, -0.05) is 30.3 Å². The molecule has 0 spiro atoms. The van der Waals surface area contributed by atoms with E-state index in [1.165, 1.54) is 13.1 Å². The summed E-state index contributed by atoms with van der Waals surface area (Å²) < 4.78 is 7.94. The molecule has 142 valence electrons. The second-order valence-electron chi connectivity index (χ2n) is 6.33. The van der Waals surface area contributed by atoms with E-state index in [-0.39, 0.29) is 12.1 Å². The van der Waals surface area contributed by atoms with Crippen LogP contribution in [0.25, 0.3) is 27.8 Å². The molecule has 4 rings (SSSR count). The number of carbonyl (C=O) groups is 1. The maximum absolute atomic E-state index is 12.7. The molecule has 0 amide bonds. The van der Waals surface area contributed by atoms with E-state index in [2.05, 4.69) is 15.3 Å². The summed E-state index contributed by atoms with van der Waals surface area (Å²) in [5.74, 6) is -1.11. The predicted molar refractivity (Wildman–Crippen MR) is 101 cm³/mol. The lowest BCUT2D eigenvalue weighted by Gasteiger charge is -2.11. The van der Waals surface area contributed by atoms with Crippen molar-refractivity contribution in [3.8, 4) is 11.1 Å². The van der Waals surface area contributed by atoms with Gasteiger partial charge < -0.3 is 9.84 Å². The van der Waals surface area contributed by atoms with Gasteiger partial charge in [-0.15, -0.1) is 10.2 Å². The quantitative estimate of drug-likeness (QED) is 0.563. The lowest BCUT2D eigenvalue weighted by Crippen LogP contribution is -2.28. The number of carboxylic acids is 1. The number of rotatable bonds is 5. The molecule has 0 saturated heterocycles. The van der Waals surface area contributed by atoms with E-state index >= 15 is 0 Å². The fraction of sp³-hybridized carbons (Fsp3) is 0.211. The van der Waals surface area contributed by atoms with Crippen LogP contribution in [0.5, 0.6) is 0 Å². The molecule has 3 heterocycles. The number of carboxylic acid groups (broad SMARTS) is 1. The highest BCUT2D eigenvalue weighted by Crippen LogP contribution is 2.28. The number of hydrogen-bond donors (Lipinski definition) is 1. The van der Waals surface area contributed by atoms with Gasteiger partial charge in [-0.05, 0) is 18.6 Å². The molecule has 1 aromatic carbocycles. The molecular formula is C19H17N5O4. The minimum absolute atomic E-state index is 0.0502. The number of aromatic nitrogens is 5. The molecule has 0 saturated carbocycles. The molecule has 1 unspecified atom stereocenters. The number of benzene rings is 1. The Morgan fingerprint density at radius 2 is 1.96 bits per heavy atom. The molecule has 9 nitrogen and oxygen atoms in total. The minimum atomic E-state index is -1.11. The Bertz CT molecular complexity index is 1250. The van der Waals surface area contributed by atoms with Crippen molar-refractivity contribution in [1.82, 2.24) is 24.4 Å². The molecule has 1 N–H and O–H groups in total. The number of nitrogens with zero attached hydrogens (tertiary/aromatic N) is 5. The number of aliphatic carboxylic acids is 1. The Morgan fingerprint density at radius 1 is 1.21 bits per heavy atom. The zero-order valence-corrected chi connectivity index (χ0v) is 15.2. The van der Waals surface area contributed by atoms with Gasteiger partial charge in [0.2, 0.25) is 0 Å². The van der Waals surface area contributed by atoms with E-state index < -0.39 is 17.6 Å². The standard InChI is InChI=1S/C19H17N5O4/c1-11(19(26)27)23-9-8-14-16(18(23)25)20-21-17-15(12-6-4-3-5-7-12)13(10-28-2)22-24(14)17/h3-9,11H,10H2,1-2H3,(H,26,27). The van der Waals surface area contributed by atoms with Crippen LogP contribution in [-0.4, -0.2) is 42.6 Å². The highest BCUT2D eigenvalue weighted by molar-refractivity contribution is 5.84. The SMILES string of the molecule is COCc1nn2c(nnc3c(=O)n(C(C)C(=O)O)ccc32)c1-c1ccccc1. The molecule has 0 aliphatic carbocycles. The van der Waals surface area contributed by atoms with Crippen LogP contribution in [0.2, 0.25) is 0 Å². The summed E-state index contributed by atoms with van der Waals surface area (Å²) in [6.07, 6.45) is 1.43. The normalized spacial score (nSPS) is 12.5. The zero-order valence-electron chi connectivity index (χ0n) is 15.2. The number of hydrogen-bond acceptors (Lipinski definition) is 6. The van der Waals surface area contributed by atoms with E-state index in [0.717, 1.165) is 15.7 Å². The van der Waals surface area contributed by atoms with E-state index in [0.29, 0.717) is 16.9 Å². The third kappa shape index (κ3) is 2.72. The van der Waals surface area contributed by atoms with Crippen LogP contribution in [-0.2, 0) is 16.1 Å². The predicted octanol–water partition coefficient (Wildman–Crippen LogP) is 1.90. The third-order valence-electron chi connectivity index (χ3n) is 4.60. The van der Waals surface area contributed by atoms with Crippen molar-refractivity contribution < 1.29 is 14.6 Å². The highest BCUT2D eigenvalue weighted by Gasteiger charge is 2.21. The maximum atomic E-state index is 12.7. The lowest BCUT2D eigenvalue weighted by atomic mass is 10.1. The molecule has 4 aromatic rings. The Hall–Kier alpha value is -3.59. The molecule has 9 heteroatoms. The summed E-state index contributed by atoms with van der Waals surface area (Å²) >= 11 is 0. The van der Waals surface area contributed by atoms with E-state index in [4.69, 9.17) is 4.74 Å². The first-order valence-electron chi connectivity index (χ1n) is 8.59. The van der Waals surface area contributed by atoms with Gasteiger partial charge in [0, 0.05) is 13.3 Å². The fourth-order valence-corrected chi connectivity index (χ4v) is 3.17. The number of ether oxygens (including phenoxy) is 1. The molecule has 0 aliphatic rings. The minimum Gasteiger partial charge on any atom is -0.480 e. The van der Waals surface area contributed by atoms with Gasteiger partial charge in [0.25, 0.3) is 5.56 Å². The van der Waals surface area contributed by atoms with Crippen LogP contribution in [0.15, 0.2) is 47.4 Å². The Morgan fingerprint density at radius 3 is 2.64 bits per heavy atom. The van der Waals surface area contributed by atoms with E-state index in [1.54, 1.807) is 17.7 Å². The first kappa shape index (κ1) is 17.8. The third-order valence-corrected chi connectivity index (χ3v) is 4.60. The van der Waals surface area contributed by atoms with Gasteiger partial charge in [0.15, 0.2) is 11.2 Å². The maximum Gasteiger partial charge on any atom is 0.326 e. The van der Waals surface area contributed by atoms with Crippen molar-refractivity contribution in [2.24, 2.45) is 0 Å². The molecule has 0 bridgehead atoms. The second kappa shape index (κ2) is 6.86. The highest BCUT2D eigenvalue weighted by atomic mass is 16.5. The summed E-state index contributed by atoms with van der Waals surface area (Å²) in [5.41, 5.74) is 2.81. The molecule has 1 atom stereocenters. The van der Waals surface area contributed by atoms with Crippen LogP contribution >= 0.6 is 0 Å². The van der Waals surface area contributed by atoms with Crippen molar-refractivity contribution >= 4 is 22.6 Å². The van der Waals surface area contributed by atoms with Gasteiger partial charge >= 0.3 is 5.97 Å². The molecule has 0 aliphatic heterocycles. The summed E-state index contributed by atoms with van der Waals surface area (Å²) in [4.78, 5) is 24.0. The fourth-order valence-electron chi connectivity index (χ4n) is 3.17. The smallest absolute Gasteiger partial charge is 0.326 e. The van der Waals surface area contributed by atoms with Crippen LogP contribution in [0, 0.1) is 0 Å². The summed E-state index contributed by atoms with van der Waals surface area (Å²) in [7, 11) is 1.58. The molecule has 0 radical (unpaired) electrons. The van der Waals surface area contributed by atoms with Crippen molar-refractivity contribution in [3.05, 3.63) is 58.6 Å². The van der Waals surface area contributed by atoms with Gasteiger partial charge in [-0.3, -0.25) is 9.36 Å². The molecule has 28 heavy (non-hydrogen) atoms. The zero-order chi connectivity index (χ0) is 19.8. The monoisotopic (exact) mass is 379 g/mol. The topological polar surface area (TPSA) is 112 Å². The van der Waals surface area contributed by atoms with Gasteiger partial charge in [-0.2, -0.15) is 5.10 Å². The largest absolute Gasteiger partial charge is 0.480 e. The Kier molecular flexibility index (Phi) is 4.36. The molecule has 3 aromatic heterocycles. The second-order valence-corrected chi connectivity index (χ2v) is 6.33. The molecular weight excluding hydrogens is 362 g/mol. The average Bonchev–Trinajstić information content (AvgIpc) is 3.07. The van der Waals surface area contributed by atoms with Crippen molar-refractivity contribution in [2.75, 3.05) is 7.11 Å². The summed E-state index contributed by atoms with van der Waals surface area (Å²) in [5, 5.41) is 22.1. The summed E-state index contributed by atoms with van der Waals surface area (Å²) in [6.45, 7) is 1.70. The first-order valence-corrected chi connectivity index (χ1v) is 8.59. The van der Waals surface area contributed by atoms with E-state index in [9.17, 15) is 14.7 Å². The van der Waals surface area contributed by atoms with Gasteiger partial charge in [0.1, 0.15) is 11.6 Å². The van der Waals surface area contributed by atoms with Crippen LogP contribution in [0.4, 0.5) is 0 Å². The summed E-state index contributed by atoms with van der Waals surface area (Å²) in [6, 6.07) is 10.2. The lowest BCUT2D eigenvalue weighted by molar-refractivity contribution is -0.140. The average molecular weight is 379 g/mol. The first-order chi connectivity index (χ1) is 13.5. The molecule has 0 fully saturated rings. The van der Waals surface area contributed by atoms with E-state index in [1.807, 2.05) is 30.3 Å².